The molecule has 0 radical (unpaired) electrons. The summed E-state index contributed by atoms with van der Waals surface area (Å²) in [5.41, 5.74) is 6.72. The summed E-state index contributed by atoms with van der Waals surface area (Å²) in [6, 6.07) is 31.1. The number of benzene rings is 3. The van der Waals surface area contributed by atoms with Gasteiger partial charge in [0.15, 0.2) is 0 Å². The summed E-state index contributed by atoms with van der Waals surface area (Å²) in [6.07, 6.45) is 8.90. The standard InChI is InChI=1S/C30H29NO2/c32-21-5-2-6-22-33-29-17-13-25(14-18-29)10-9-24-11-15-26(16-12-24)28-19-20-31-30(23-28)27-7-3-1-4-8-27/h1,3-4,7-20,23,32H,2,5-6,21-22H2/b10-9+. The lowest BCUT2D eigenvalue weighted by Crippen LogP contribution is -1.97. The molecule has 0 fully saturated rings. The highest BCUT2D eigenvalue weighted by Crippen LogP contribution is 2.25. The fourth-order valence-electron chi connectivity index (χ4n) is 3.61. The third-order valence-corrected chi connectivity index (χ3v) is 5.49. The summed E-state index contributed by atoms with van der Waals surface area (Å²) < 4.78 is 5.75. The second kappa shape index (κ2) is 11.8. The number of aliphatic hydroxyl groups excluding tert-OH is 1. The van der Waals surface area contributed by atoms with Gasteiger partial charge in [-0.25, -0.2) is 0 Å². The fraction of sp³-hybridized carbons (Fsp3) is 0.167. The largest absolute Gasteiger partial charge is 0.494 e. The summed E-state index contributed by atoms with van der Waals surface area (Å²) in [4.78, 5) is 4.52. The monoisotopic (exact) mass is 435 g/mol. The zero-order chi connectivity index (χ0) is 22.7. The van der Waals surface area contributed by atoms with E-state index in [1.165, 1.54) is 5.56 Å². The second-order valence-electron chi connectivity index (χ2n) is 7.95. The quantitative estimate of drug-likeness (QED) is 0.213. The minimum absolute atomic E-state index is 0.253. The third kappa shape index (κ3) is 6.64. The van der Waals surface area contributed by atoms with Gasteiger partial charge in [-0.2, -0.15) is 0 Å². The number of ether oxygens (including phenoxy) is 1. The van der Waals surface area contributed by atoms with Crippen LogP contribution in [0.1, 0.15) is 30.4 Å². The molecule has 1 N–H and O–H groups in total. The van der Waals surface area contributed by atoms with E-state index in [-0.39, 0.29) is 6.61 Å². The van der Waals surface area contributed by atoms with Crippen molar-refractivity contribution in [3.8, 4) is 28.1 Å². The zero-order valence-corrected chi connectivity index (χ0v) is 18.7. The van der Waals surface area contributed by atoms with E-state index in [4.69, 9.17) is 9.84 Å². The SMILES string of the molecule is OCCCCCOc1ccc(/C=C/c2ccc(-c3ccnc(-c4ccccc4)c3)cc2)cc1. The van der Waals surface area contributed by atoms with Crippen molar-refractivity contribution in [2.24, 2.45) is 0 Å². The van der Waals surface area contributed by atoms with Crippen molar-refractivity contribution in [1.82, 2.24) is 4.98 Å². The van der Waals surface area contributed by atoms with Gasteiger partial charge in [-0.05, 0) is 65.8 Å². The van der Waals surface area contributed by atoms with Crippen molar-refractivity contribution in [2.45, 2.75) is 19.3 Å². The van der Waals surface area contributed by atoms with E-state index < -0.39 is 0 Å². The first kappa shape index (κ1) is 22.5. The predicted octanol–water partition coefficient (Wildman–Crippen LogP) is 7.13. The maximum atomic E-state index is 8.81. The lowest BCUT2D eigenvalue weighted by atomic mass is 10.0. The van der Waals surface area contributed by atoms with Gasteiger partial charge in [0.2, 0.25) is 0 Å². The maximum absolute atomic E-state index is 8.81. The van der Waals surface area contributed by atoms with E-state index in [9.17, 15) is 0 Å². The van der Waals surface area contributed by atoms with Crippen molar-refractivity contribution < 1.29 is 9.84 Å². The fourth-order valence-corrected chi connectivity index (χ4v) is 3.61. The number of pyridine rings is 1. The topological polar surface area (TPSA) is 42.4 Å². The highest BCUT2D eigenvalue weighted by Gasteiger charge is 2.03. The van der Waals surface area contributed by atoms with Crippen molar-refractivity contribution in [3.05, 3.63) is 108 Å². The molecular weight excluding hydrogens is 406 g/mol. The molecule has 33 heavy (non-hydrogen) atoms. The van der Waals surface area contributed by atoms with Crippen LogP contribution in [0.15, 0.2) is 97.2 Å². The Bertz CT molecular complexity index is 1150. The normalized spacial score (nSPS) is 11.1. The van der Waals surface area contributed by atoms with Crippen molar-refractivity contribution in [1.29, 1.82) is 0 Å². The van der Waals surface area contributed by atoms with Gasteiger partial charge in [0, 0.05) is 18.4 Å². The average molecular weight is 436 g/mol. The molecular formula is C30H29NO2. The molecule has 3 nitrogen and oxygen atoms in total. The Kier molecular flexibility index (Phi) is 8.04. The summed E-state index contributed by atoms with van der Waals surface area (Å²) >= 11 is 0. The molecule has 0 saturated carbocycles. The molecule has 0 aliphatic carbocycles. The van der Waals surface area contributed by atoms with Crippen LogP contribution >= 0.6 is 0 Å². The minimum atomic E-state index is 0.253. The Hall–Kier alpha value is -3.69. The van der Waals surface area contributed by atoms with Gasteiger partial charge in [0.1, 0.15) is 5.75 Å². The molecule has 0 spiro atoms. The Labute approximate surface area is 196 Å². The van der Waals surface area contributed by atoms with Crippen molar-refractivity contribution in [2.75, 3.05) is 13.2 Å². The number of aromatic nitrogens is 1. The number of nitrogens with zero attached hydrogens (tertiary/aromatic N) is 1. The van der Waals surface area contributed by atoms with E-state index in [1.807, 2.05) is 42.6 Å². The Morgan fingerprint density at radius 3 is 2.06 bits per heavy atom. The van der Waals surface area contributed by atoms with Gasteiger partial charge in [-0.1, -0.05) is 78.9 Å². The molecule has 0 saturated heterocycles. The lowest BCUT2D eigenvalue weighted by Gasteiger charge is -2.06. The molecule has 0 aliphatic rings. The molecule has 166 valence electrons. The average Bonchev–Trinajstić information content (AvgIpc) is 2.89. The first-order chi connectivity index (χ1) is 16.3. The van der Waals surface area contributed by atoms with Crippen LogP contribution < -0.4 is 4.74 Å². The Morgan fingerprint density at radius 2 is 1.36 bits per heavy atom. The first-order valence-electron chi connectivity index (χ1n) is 11.5. The molecule has 4 aromatic rings. The number of rotatable bonds is 10. The molecule has 0 amide bonds. The van der Waals surface area contributed by atoms with Crippen LogP contribution in [0.25, 0.3) is 34.5 Å². The molecule has 0 atom stereocenters. The second-order valence-corrected chi connectivity index (χ2v) is 7.95. The summed E-state index contributed by atoms with van der Waals surface area (Å²) in [6.45, 7) is 0.939. The van der Waals surface area contributed by atoms with Crippen molar-refractivity contribution >= 4 is 12.2 Å². The zero-order valence-electron chi connectivity index (χ0n) is 18.7. The van der Waals surface area contributed by atoms with Gasteiger partial charge in [-0.3, -0.25) is 4.98 Å². The van der Waals surface area contributed by atoms with Crippen LogP contribution in [0.2, 0.25) is 0 Å². The number of aliphatic hydroxyl groups is 1. The summed E-state index contributed by atoms with van der Waals surface area (Å²) in [5.74, 6) is 0.882. The molecule has 3 aromatic carbocycles. The smallest absolute Gasteiger partial charge is 0.119 e. The Morgan fingerprint density at radius 1 is 0.667 bits per heavy atom. The third-order valence-electron chi connectivity index (χ3n) is 5.49. The number of hydrogen-bond donors (Lipinski definition) is 1. The Balaban J connectivity index is 1.36. The van der Waals surface area contributed by atoms with Crippen LogP contribution in [0.4, 0.5) is 0 Å². The van der Waals surface area contributed by atoms with Gasteiger partial charge < -0.3 is 9.84 Å². The number of hydrogen-bond acceptors (Lipinski definition) is 3. The van der Waals surface area contributed by atoms with E-state index in [0.29, 0.717) is 6.61 Å². The van der Waals surface area contributed by atoms with E-state index >= 15 is 0 Å². The van der Waals surface area contributed by atoms with Crippen LogP contribution in [0, 0.1) is 0 Å². The molecule has 1 aromatic heterocycles. The molecule has 0 bridgehead atoms. The van der Waals surface area contributed by atoms with Crippen LogP contribution in [-0.4, -0.2) is 23.3 Å². The summed E-state index contributed by atoms with van der Waals surface area (Å²) in [5, 5.41) is 8.81. The van der Waals surface area contributed by atoms with Gasteiger partial charge in [-0.15, -0.1) is 0 Å². The molecule has 3 heteroatoms. The highest BCUT2D eigenvalue weighted by molar-refractivity contribution is 5.74. The van der Waals surface area contributed by atoms with Crippen LogP contribution in [0.5, 0.6) is 5.75 Å². The maximum Gasteiger partial charge on any atom is 0.119 e. The highest BCUT2D eigenvalue weighted by atomic mass is 16.5. The van der Waals surface area contributed by atoms with E-state index in [0.717, 1.165) is 53.0 Å². The van der Waals surface area contributed by atoms with Crippen LogP contribution in [0.3, 0.4) is 0 Å². The minimum Gasteiger partial charge on any atom is -0.494 e. The van der Waals surface area contributed by atoms with Gasteiger partial charge in [0.05, 0.1) is 12.3 Å². The van der Waals surface area contributed by atoms with Crippen molar-refractivity contribution in [3.63, 3.8) is 0 Å². The molecule has 4 rings (SSSR count). The predicted molar refractivity (Wildman–Crippen MR) is 137 cm³/mol. The van der Waals surface area contributed by atoms with E-state index in [1.54, 1.807) is 0 Å². The van der Waals surface area contributed by atoms with Gasteiger partial charge >= 0.3 is 0 Å². The first-order valence-corrected chi connectivity index (χ1v) is 11.5. The molecule has 1 heterocycles. The van der Waals surface area contributed by atoms with Crippen LogP contribution in [-0.2, 0) is 0 Å². The molecule has 0 unspecified atom stereocenters. The number of unbranched alkanes of at least 4 members (excludes halogenated alkanes) is 2. The van der Waals surface area contributed by atoms with Gasteiger partial charge in [0.25, 0.3) is 0 Å². The van der Waals surface area contributed by atoms with E-state index in [2.05, 4.69) is 71.7 Å². The summed E-state index contributed by atoms with van der Waals surface area (Å²) in [7, 11) is 0. The lowest BCUT2D eigenvalue weighted by molar-refractivity contribution is 0.266. The molecule has 0 aliphatic heterocycles.